The summed E-state index contributed by atoms with van der Waals surface area (Å²) in [6, 6.07) is 13.0. The third kappa shape index (κ3) is 3.31. The van der Waals surface area contributed by atoms with Gasteiger partial charge in [0.2, 0.25) is 0 Å². The van der Waals surface area contributed by atoms with E-state index in [4.69, 9.17) is 18.0 Å². The Morgan fingerprint density at radius 3 is 2.52 bits per heavy atom. The minimum atomic E-state index is -0.116. The van der Waals surface area contributed by atoms with E-state index in [2.05, 4.69) is 15.9 Å². The van der Waals surface area contributed by atoms with E-state index in [0.29, 0.717) is 16.8 Å². The second-order valence-corrected chi connectivity index (χ2v) is 6.02. The van der Waals surface area contributed by atoms with Crippen molar-refractivity contribution in [2.45, 2.75) is 6.92 Å². The van der Waals surface area contributed by atoms with Crippen LogP contribution in [-0.2, 0) is 0 Å². The Hall–Kier alpha value is -1.72. The van der Waals surface area contributed by atoms with Gasteiger partial charge >= 0.3 is 0 Å². The summed E-state index contributed by atoms with van der Waals surface area (Å²) in [5.41, 5.74) is 8.75. The largest absolute Gasteiger partial charge is 0.389 e. The quantitative estimate of drug-likeness (QED) is 0.847. The molecule has 21 heavy (non-hydrogen) atoms. The maximum Gasteiger partial charge on any atom is 0.259 e. The highest BCUT2D eigenvalue weighted by molar-refractivity contribution is 9.10. The van der Waals surface area contributed by atoms with Crippen molar-refractivity contribution in [3.63, 3.8) is 0 Å². The predicted molar refractivity (Wildman–Crippen MR) is 93.9 cm³/mol. The SMILES string of the molecule is Cc1ccc(Br)c(C(=O)N(C)c2ccccc2C(N)=S)c1. The number of amides is 1. The van der Waals surface area contributed by atoms with Crippen LogP contribution < -0.4 is 10.6 Å². The molecule has 0 saturated carbocycles. The molecule has 2 N–H and O–H groups in total. The van der Waals surface area contributed by atoms with Crippen molar-refractivity contribution in [1.29, 1.82) is 0 Å². The Labute approximate surface area is 137 Å². The van der Waals surface area contributed by atoms with E-state index in [-0.39, 0.29) is 10.9 Å². The number of para-hydroxylation sites is 1. The molecule has 0 fully saturated rings. The van der Waals surface area contributed by atoms with Crippen LogP contribution in [-0.4, -0.2) is 17.9 Å². The highest BCUT2D eigenvalue weighted by Crippen LogP contribution is 2.24. The molecule has 0 radical (unpaired) electrons. The zero-order valence-electron chi connectivity index (χ0n) is 11.8. The van der Waals surface area contributed by atoms with Crippen molar-refractivity contribution in [3.05, 3.63) is 63.6 Å². The number of hydrogen-bond acceptors (Lipinski definition) is 2. The second-order valence-electron chi connectivity index (χ2n) is 4.73. The predicted octanol–water partition coefficient (Wildman–Crippen LogP) is 3.67. The number of nitrogens with two attached hydrogens (primary N) is 1. The normalized spacial score (nSPS) is 10.2. The fraction of sp³-hybridized carbons (Fsp3) is 0.125. The molecule has 108 valence electrons. The smallest absolute Gasteiger partial charge is 0.259 e. The summed E-state index contributed by atoms with van der Waals surface area (Å²) >= 11 is 8.47. The average Bonchev–Trinajstić information content (AvgIpc) is 2.48. The fourth-order valence-electron chi connectivity index (χ4n) is 2.07. The van der Waals surface area contributed by atoms with Gasteiger partial charge in [-0.2, -0.15) is 0 Å². The van der Waals surface area contributed by atoms with Crippen LogP contribution in [0.15, 0.2) is 46.9 Å². The van der Waals surface area contributed by atoms with E-state index in [1.54, 1.807) is 11.9 Å². The van der Waals surface area contributed by atoms with Gasteiger partial charge in [-0.25, -0.2) is 0 Å². The fourth-order valence-corrected chi connectivity index (χ4v) is 2.66. The number of carbonyl (C=O) groups is 1. The third-order valence-corrected chi connectivity index (χ3v) is 4.10. The number of carbonyl (C=O) groups excluding carboxylic acids is 1. The van der Waals surface area contributed by atoms with E-state index >= 15 is 0 Å². The molecule has 0 unspecified atom stereocenters. The average molecular weight is 363 g/mol. The van der Waals surface area contributed by atoms with Gasteiger partial charge in [-0.15, -0.1) is 0 Å². The van der Waals surface area contributed by atoms with Crippen LogP contribution in [0.1, 0.15) is 21.5 Å². The molecule has 3 nitrogen and oxygen atoms in total. The summed E-state index contributed by atoms with van der Waals surface area (Å²) in [6.07, 6.45) is 0. The Bertz CT molecular complexity index is 715. The van der Waals surface area contributed by atoms with Crippen LogP contribution >= 0.6 is 28.1 Å². The number of rotatable bonds is 3. The van der Waals surface area contributed by atoms with Crippen molar-refractivity contribution in [2.75, 3.05) is 11.9 Å². The molecule has 5 heteroatoms. The number of aryl methyl sites for hydroxylation is 1. The molecular weight excluding hydrogens is 348 g/mol. The molecule has 2 rings (SSSR count). The maximum atomic E-state index is 12.7. The summed E-state index contributed by atoms with van der Waals surface area (Å²) in [6.45, 7) is 1.95. The van der Waals surface area contributed by atoms with Gasteiger partial charge in [0.1, 0.15) is 4.99 Å². The minimum absolute atomic E-state index is 0.116. The topological polar surface area (TPSA) is 46.3 Å². The lowest BCUT2D eigenvalue weighted by Crippen LogP contribution is -2.29. The molecule has 2 aromatic carbocycles. The van der Waals surface area contributed by atoms with Crippen molar-refractivity contribution >= 4 is 44.7 Å². The first kappa shape index (κ1) is 15.7. The van der Waals surface area contributed by atoms with E-state index in [1.807, 2.05) is 49.4 Å². The lowest BCUT2D eigenvalue weighted by atomic mass is 10.1. The van der Waals surface area contributed by atoms with Crippen LogP contribution in [0, 0.1) is 6.92 Å². The minimum Gasteiger partial charge on any atom is -0.389 e. The summed E-state index contributed by atoms with van der Waals surface area (Å²) in [5, 5.41) is 0. The number of benzene rings is 2. The van der Waals surface area contributed by atoms with Crippen LogP contribution in [0.2, 0.25) is 0 Å². The summed E-state index contributed by atoms with van der Waals surface area (Å²) in [4.78, 5) is 14.5. The molecule has 0 aromatic heterocycles. The molecule has 1 amide bonds. The second kappa shape index (κ2) is 6.37. The van der Waals surface area contributed by atoms with Gasteiger partial charge in [0, 0.05) is 17.1 Å². The van der Waals surface area contributed by atoms with Crippen molar-refractivity contribution in [3.8, 4) is 0 Å². The number of hydrogen-bond donors (Lipinski definition) is 1. The molecule has 0 aliphatic rings. The summed E-state index contributed by atoms with van der Waals surface area (Å²) in [7, 11) is 1.72. The number of nitrogens with zero attached hydrogens (tertiary/aromatic N) is 1. The van der Waals surface area contributed by atoms with Crippen LogP contribution in [0.5, 0.6) is 0 Å². The highest BCUT2D eigenvalue weighted by Gasteiger charge is 2.19. The molecule has 0 aliphatic heterocycles. The van der Waals surface area contributed by atoms with E-state index in [9.17, 15) is 4.79 Å². The molecule has 2 aromatic rings. The summed E-state index contributed by atoms with van der Waals surface area (Å²) in [5.74, 6) is -0.116. The van der Waals surface area contributed by atoms with Crippen LogP contribution in [0.4, 0.5) is 5.69 Å². The molecule has 0 spiro atoms. The molecule has 0 bridgehead atoms. The van der Waals surface area contributed by atoms with Crippen LogP contribution in [0.3, 0.4) is 0 Å². The first-order valence-electron chi connectivity index (χ1n) is 6.35. The molecule has 0 heterocycles. The van der Waals surface area contributed by atoms with Gasteiger partial charge in [0.25, 0.3) is 5.91 Å². The van der Waals surface area contributed by atoms with Crippen molar-refractivity contribution in [1.82, 2.24) is 0 Å². The summed E-state index contributed by atoms with van der Waals surface area (Å²) < 4.78 is 0.762. The Balaban J connectivity index is 2.45. The van der Waals surface area contributed by atoms with E-state index in [0.717, 1.165) is 10.0 Å². The molecule has 0 atom stereocenters. The van der Waals surface area contributed by atoms with Crippen molar-refractivity contribution in [2.24, 2.45) is 5.73 Å². The van der Waals surface area contributed by atoms with Gasteiger partial charge in [-0.3, -0.25) is 4.79 Å². The number of thiocarbonyl (C=S) groups is 1. The van der Waals surface area contributed by atoms with Gasteiger partial charge in [-0.05, 0) is 47.1 Å². The zero-order valence-corrected chi connectivity index (χ0v) is 14.2. The Morgan fingerprint density at radius 1 is 1.19 bits per heavy atom. The number of anilines is 1. The maximum absolute atomic E-state index is 12.7. The first-order valence-corrected chi connectivity index (χ1v) is 7.55. The lowest BCUT2D eigenvalue weighted by Gasteiger charge is -2.21. The van der Waals surface area contributed by atoms with Gasteiger partial charge < -0.3 is 10.6 Å². The third-order valence-electron chi connectivity index (χ3n) is 3.19. The van der Waals surface area contributed by atoms with E-state index < -0.39 is 0 Å². The number of halogens is 1. The van der Waals surface area contributed by atoms with Gasteiger partial charge in [0.15, 0.2) is 0 Å². The first-order chi connectivity index (χ1) is 9.91. The van der Waals surface area contributed by atoms with Crippen molar-refractivity contribution < 1.29 is 4.79 Å². The molecular formula is C16H15BrN2OS. The zero-order chi connectivity index (χ0) is 15.6. The molecule has 0 saturated heterocycles. The van der Waals surface area contributed by atoms with Crippen LogP contribution in [0.25, 0.3) is 0 Å². The van der Waals surface area contributed by atoms with Gasteiger partial charge in [-0.1, -0.05) is 36.0 Å². The lowest BCUT2D eigenvalue weighted by molar-refractivity contribution is 0.0992. The van der Waals surface area contributed by atoms with E-state index in [1.165, 1.54) is 0 Å². The highest BCUT2D eigenvalue weighted by atomic mass is 79.9. The monoisotopic (exact) mass is 362 g/mol. The Kier molecular flexibility index (Phi) is 4.75. The molecule has 0 aliphatic carbocycles. The standard InChI is InChI=1S/C16H15BrN2OS/c1-10-7-8-13(17)12(9-10)16(20)19(2)14-6-4-3-5-11(14)15(18)21/h3-9H,1-2H3,(H2,18,21). The van der Waals surface area contributed by atoms with Gasteiger partial charge in [0.05, 0.1) is 11.3 Å². The Morgan fingerprint density at radius 2 is 1.86 bits per heavy atom.